The molecule has 1 N–H and O–H groups in total. The Labute approximate surface area is 223 Å². The van der Waals surface area contributed by atoms with Crippen LogP contribution in [0.1, 0.15) is 29.4 Å². The molecule has 2 aromatic carbocycles. The minimum absolute atomic E-state index is 0.0186. The molecule has 0 unspecified atom stereocenters. The van der Waals surface area contributed by atoms with Crippen LogP contribution in [-0.2, 0) is 6.54 Å². The number of anilines is 1. The van der Waals surface area contributed by atoms with Crippen LogP contribution in [0.3, 0.4) is 0 Å². The second-order valence-corrected chi connectivity index (χ2v) is 9.80. The number of rotatable bonds is 9. The summed E-state index contributed by atoms with van der Waals surface area (Å²) in [6.07, 6.45) is 0.905. The van der Waals surface area contributed by atoms with E-state index < -0.39 is 0 Å². The molecule has 1 fully saturated rings. The van der Waals surface area contributed by atoms with Gasteiger partial charge in [-0.15, -0.1) is 0 Å². The molecule has 0 spiro atoms. The van der Waals surface area contributed by atoms with Gasteiger partial charge in [-0.3, -0.25) is 9.69 Å². The van der Waals surface area contributed by atoms with Gasteiger partial charge in [-0.2, -0.15) is 0 Å². The molecule has 1 aliphatic heterocycles. The molecule has 36 heavy (non-hydrogen) atoms. The summed E-state index contributed by atoms with van der Waals surface area (Å²) in [7, 11) is 1.66. The molecule has 1 aliphatic rings. The van der Waals surface area contributed by atoms with Crippen molar-refractivity contribution in [3.05, 3.63) is 69.8 Å². The van der Waals surface area contributed by atoms with E-state index in [9.17, 15) is 4.79 Å². The first-order valence-electron chi connectivity index (χ1n) is 12.5. The van der Waals surface area contributed by atoms with Crippen LogP contribution in [0.25, 0.3) is 11.3 Å². The smallest absolute Gasteiger partial charge is 0.253 e. The van der Waals surface area contributed by atoms with Gasteiger partial charge >= 0.3 is 0 Å². The molecule has 3 aromatic rings. The van der Waals surface area contributed by atoms with Crippen LogP contribution in [0.2, 0.25) is 10.0 Å². The van der Waals surface area contributed by atoms with Crippen molar-refractivity contribution < 1.29 is 9.53 Å². The number of hydrogen-bond acceptors (Lipinski definition) is 4. The summed E-state index contributed by atoms with van der Waals surface area (Å²) in [6.45, 7) is 10.2. The van der Waals surface area contributed by atoms with Crippen molar-refractivity contribution in [2.24, 2.45) is 0 Å². The van der Waals surface area contributed by atoms with Crippen molar-refractivity contribution in [2.45, 2.75) is 26.8 Å². The number of methoxy groups -OCH3 is 1. The van der Waals surface area contributed by atoms with E-state index in [1.165, 1.54) is 0 Å². The Morgan fingerprint density at radius 3 is 2.44 bits per heavy atom. The molecular weight excluding hydrogens is 495 g/mol. The number of carbonyl (C=O) groups excluding carboxylic acids is 1. The first kappa shape index (κ1) is 26.4. The molecule has 1 saturated heterocycles. The number of halogens is 2. The highest BCUT2D eigenvalue weighted by Crippen LogP contribution is 2.33. The lowest BCUT2D eigenvalue weighted by molar-refractivity contribution is 0.0950. The third kappa shape index (κ3) is 5.83. The van der Waals surface area contributed by atoms with Crippen LogP contribution in [0.15, 0.2) is 48.5 Å². The molecule has 0 radical (unpaired) electrons. The van der Waals surface area contributed by atoms with Gasteiger partial charge in [0, 0.05) is 50.7 Å². The van der Waals surface area contributed by atoms with E-state index in [-0.39, 0.29) is 5.91 Å². The molecule has 2 heterocycles. The number of ether oxygens (including phenoxy) is 1. The number of aromatic nitrogens is 1. The fraction of sp³-hybridized carbons (Fsp3) is 0.393. The van der Waals surface area contributed by atoms with E-state index in [1.54, 1.807) is 7.11 Å². The molecule has 0 atom stereocenters. The lowest BCUT2D eigenvalue weighted by Crippen LogP contribution is -2.47. The Balaban J connectivity index is 1.27. The van der Waals surface area contributed by atoms with Crippen molar-refractivity contribution in [1.82, 2.24) is 14.8 Å². The number of piperazine rings is 1. The van der Waals surface area contributed by atoms with Gasteiger partial charge in [0.2, 0.25) is 0 Å². The highest BCUT2D eigenvalue weighted by molar-refractivity contribution is 6.43. The van der Waals surface area contributed by atoms with Crippen molar-refractivity contribution in [3.63, 3.8) is 0 Å². The SMILES string of the molecule is CCn1c(-c2ccc(OC)cc2)cc(C(=O)NCCCN2CCN(c3cccc(Cl)c3Cl)CC2)c1C. The predicted octanol–water partition coefficient (Wildman–Crippen LogP) is 5.74. The summed E-state index contributed by atoms with van der Waals surface area (Å²) < 4.78 is 7.46. The zero-order valence-corrected chi connectivity index (χ0v) is 22.7. The summed E-state index contributed by atoms with van der Waals surface area (Å²) in [5, 5.41) is 4.33. The van der Waals surface area contributed by atoms with Crippen molar-refractivity contribution in [2.75, 3.05) is 51.3 Å². The highest BCUT2D eigenvalue weighted by Gasteiger charge is 2.20. The van der Waals surface area contributed by atoms with E-state index in [0.717, 1.165) is 79.6 Å². The van der Waals surface area contributed by atoms with Gasteiger partial charge in [-0.05, 0) is 74.8 Å². The number of carbonyl (C=O) groups is 1. The lowest BCUT2D eigenvalue weighted by Gasteiger charge is -2.36. The van der Waals surface area contributed by atoms with Gasteiger partial charge in [0.05, 0.1) is 28.4 Å². The summed E-state index contributed by atoms with van der Waals surface area (Å²) in [5.41, 5.74) is 4.82. The minimum atomic E-state index is -0.0186. The lowest BCUT2D eigenvalue weighted by atomic mass is 10.1. The summed E-state index contributed by atoms with van der Waals surface area (Å²) in [5.74, 6) is 0.799. The molecule has 1 aromatic heterocycles. The highest BCUT2D eigenvalue weighted by atomic mass is 35.5. The average molecular weight is 530 g/mol. The topological polar surface area (TPSA) is 49.7 Å². The van der Waals surface area contributed by atoms with E-state index in [0.29, 0.717) is 16.6 Å². The molecule has 6 nitrogen and oxygen atoms in total. The first-order chi connectivity index (χ1) is 17.4. The van der Waals surface area contributed by atoms with Gasteiger partial charge in [-0.25, -0.2) is 0 Å². The van der Waals surface area contributed by atoms with Gasteiger partial charge in [0.25, 0.3) is 5.91 Å². The third-order valence-electron chi connectivity index (χ3n) is 6.89. The standard InChI is InChI=1S/C28H34Cl2N4O2/c1-4-34-20(2)23(19-26(34)21-9-11-22(36-3)12-10-21)28(35)31-13-6-14-32-15-17-33(18-16-32)25-8-5-7-24(29)27(25)30/h5,7-12,19H,4,6,13-18H2,1-3H3,(H,31,35). The second kappa shape index (κ2) is 12.0. The Morgan fingerprint density at radius 2 is 1.78 bits per heavy atom. The van der Waals surface area contributed by atoms with Crippen LogP contribution in [0, 0.1) is 6.92 Å². The Morgan fingerprint density at radius 1 is 1.06 bits per heavy atom. The predicted molar refractivity (Wildman–Crippen MR) is 149 cm³/mol. The van der Waals surface area contributed by atoms with Crippen molar-refractivity contribution in [1.29, 1.82) is 0 Å². The quantitative estimate of drug-likeness (QED) is 0.359. The Hall–Kier alpha value is -2.67. The number of nitrogens with one attached hydrogen (secondary N) is 1. The van der Waals surface area contributed by atoms with Crippen LogP contribution >= 0.6 is 23.2 Å². The van der Waals surface area contributed by atoms with Crippen LogP contribution in [0.4, 0.5) is 5.69 Å². The minimum Gasteiger partial charge on any atom is -0.497 e. The Kier molecular flexibility index (Phi) is 8.83. The molecule has 0 saturated carbocycles. The maximum Gasteiger partial charge on any atom is 0.253 e. The molecule has 192 valence electrons. The van der Waals surface area contributed by atoms with Gasteiger partial charge in [0.1, 0.15) is 5.75 Å². The second-order valence-electron chi connectivity index (χ2n) is 9.01. The van der Waals surface area contributed by atoms with Gasteiger partial charge in [-0.1, -0.05) is 29.3 Å². The van der Waals surface area contributed by atoms with E-state index >= 15 is 0 Å². The van der Waals surface area contributed by atoms with E-state index in [4.69, 9.17) is 27.9 Å². The van der Waals surface area contributed by atoms with Crippen molar-refractivity contribution >= 4 is 34.8 Å². The first-order valence-corrected chi connectivity index (χ1v) is 13.2. The zero-order valence-electron chi connectivity index (χ0n) is 21.2. The number of benzene rings is 2. The van der Waals surface area contributed by atoms with E-state index in [2.05, 4.69) is 26.6 Å². The third-order valence-corrected chi connectivity index (χ3v) is 7.70. The normalized spacial score (nSPS) is 14.2. The monoisotopic (exact) mass is 528 g/mol. The van der Waals surface area contributed by atoms with Crippen molar-refractivity contribution in [3.8, 4) is 17.0 Å². The average Bonchev–Trinajstić information content (AvgIpc) is 3.24. The van der Waals surface area contributed by atoms with E-state index in [1.807, 2.05) is 55.5 Å². The maximum atomic E-state index is 13.0. The van der Waals surface area contributed by atoms with Gasteiger partial charge in [0.15, 0.2) is 0 Å². The van der Waals surface area contributed by atoms with Crippen LogP contribution in [-0.4, -0.2) is 61.8 Å². The number of nitrogens with zero attached hydrogens (tertiary/aromatic N) is 3. The molecule has 4 rings (SSSR count). The zero-order chi connectivity index (χ0) is 25.7. The molecule has 1 amide bonds. The largest absolute Gasteiger partial charge is 0.497 e. The number of amides is 1. The molecule has 0 aliphatic carbocycles. The summed E-state index contributed by atoms with van der Waals surface area (Å²) >= 11 is 12.6. The molecular formula is C28H34Cl2N4O2. The fourth-order valence-corrected chi connectivity index (χ4v) is 5.25. The Bertz CT molecular complexity index is 1190. The van der Waals surface area contributed by atoms with Crippen LogP contribution < -0.4 is 15.0 Å². The maximum absolute atomic E-state index is 13.0. The molecule has 0 bridgehead atoms. The fourth-order valence-electron chi connectivity index (χ4n) is 4.83. The number of hydrogen-bond donors (Lipinski definition) is 1. The summed E-state index contributed by atoms with van der Waals surface area (Å²) in [6, 6.07) is 15.7. The van der Waals surface area contributed by atoms with Crippen LogP contribution in [0.5, 0.6) is 5.75 Å². The van der Waals surface area contributed by atoms with Gasteiger partial charge < -0.3 is 19.5 Å². The summed E-state index contributed by atoms with van der Waals surface area (Å²) in [4.78, 5) is 17.7. The molecule has 8 heteroatoms.